The third kappa shape index (κ3) is 3.14. The standard InChI is InChI=1S/C11H24O/c1-8(10(2,3)4)9(12)11(5,6)7/h8-9,12H,1-7H3/t8-,9+/m1/s1. The molecular formula is C11H24O. The third-order valence-corrected chi connectivity index (χ3v) is 2.73. The minimum atomic E-state index is -0.225. The summed E-state index contributed by atoms with van der Waals surface area (Å²) in [4.78, 5) is 0. The number of rotatable bonds is 1. The number of hydrogen-bond acceptors (Lipinski definition) is 1. The van der Waals surface area contributed by atoms with Crippen LogP contribution in [0.3, 0.4) is 0 Å². The lowest BCUT2D eigenvalue weighted by Gasteiger charge is -2.38. The van der Waals surface area contributed by atoms with E-state index in [0.717, 1.165) is 0 Å². The minimum Gasteiger partial charge on any atom is -0.392 e. The lowest BCUT2D eigenvalue weighted by Crippen LogP contribution is -2.38. The van der Waals surface area contributed by atoms with Gasteiger partial charge in [-0.2, -0.15) is 0 Å². The predicted octanol–water partition coefficient (Wildman–Crippen LogP) is 3.08. The fourth-order valence-corrected chi connectivity index (χ4v) is 1.22. The van der Waals surface area contributed by atoms with Crippen molar-refractivity contribution in [2.24, 2.45) is 16.7 Å². The lowest BCUT2D eigenvalue weighted by molar-refractivity contribution is -0.0222. The molecule has 0 saturated heterocycles. The van der Waals surface area contributed by atoms with Crippen LogP contribution < -0.4 is 0 Å². The molecule has 0 aromatic rings. The van der Waals surface area contributed by atoms with Crippen molar-refractivity contribution in [2.45, 2.75) is 54.6 Å². The second kappa shape index (κ2) is 3.37. The molecule has 0 amide bonds. The molecule has 0 aromatic heterocycles. The Morgan fingerprint density at radius 1 is 0.833 bits per heavy atom. The quantitative estimate of drug-likeness (QED) is 0.644. The van der Waals surface area contributed by atoms with E-state index in [1.54, 1.807) is 0 Å². The average molecular weight is 172 g/mol. The summed E-state index contributed by atoms with van der Waals surface area (Å²) in [5.74, 6) is 0.331. The summed E-state index contributed by atoms with van der Waals surface area (Å²) in [6.45, 7) is 14.9. The smallest absolute Gasteiger partial charge is 0.0618 e. The normalized spacial score (nSPS) is 19.0. The molecule has 0 spiro atoms. The first-order chi connectivity index (χ1) is 5.07. The number of hydrogen-bond donors (Lipinski definition) is 1. The van der Waals surface area contributed by atoms with Gasteiger partial charge in [0.25, 0.3) is 0 Å². The molecule has 1 N–H and O–H groups in total. The molecule has 0 radical (unpaired) electrons. The molecule has 74 valence electrons. The molecule has 1 heteroatoms. The highest BCUT2D eigenvalue weighted by Gasteiger charge is 2.34. The summed E-state index contributed by atoms with van der Waals surface area (Å²) in [6.07, 6.45) is -0.225. The van der Waals surface area contributed by atoms with Crippen LogP contribution in [0.5, 0.6) is 0 Å². The van der Waals surface area contributed by atoms with E-state index >= 15 is 0 Å². The Labute approximate surface area is 77.2 Å². The summed E-state index contributed by atoms with van der Waals surface area (Å²) in [5, 5.41) is 9.99. The summed E-state index contributed by atoms with van der Waals surface area (Å²) < 4.78 is 0. The zero-order valence-electron chi connectivity index (χ0n) is 9.60. The van der Waals surface area contributed by atoms with Crippen LogP contribution in [0, 0.1) is 16.7 Å². The van der Waals surface area contributed by atoms with Crippen LogP contribution in [0.1, 0.15) is 48.5 Å². The van der Waals surface area contributed by atoms with Gasteiger partial charge in [0.1, 0.15) is 0 Å². The van der Waals surface area contributed by atoms with Crippen LogP contribution in [0.4, 0.5) is 0 Å². The highest BCUT2D eigenvalue weighted by Crippen LogP contribution is 2.35. The Balaban J connectivity index is 4.41. The zero-order valence-corrected chi connectivity index (χ0v) is 9.60. The molecule has 0 rings (SSSR count). The highest BCUT2D eigenvalue weighted by molar-refractivity contribution is 4.83. The van der Waals surface area contributed by atoms with Crippen LogP contribution >= 0.6 is 0 Å². The van der Waals surface area contributed by atoms with E-state index in [2.05, 4.69) is 48.5 Å². The van der Waals surface area contributed by atoms with Crippen LogP contribution in [0.2, 0.25) is 0 Å². The van der Waals surface area contributed by atoms with Crippen LogP contribution in [-0.4, -0.2) is 11.2 Å². The Morgan fingerprint density at radius 3 is 1.25 bits per heavy atom. The second-order valence-electron chi connectivity index (χ2n) is 5.97. The first-order valence-electron chi connectivity index (χ1n) is 4.75. The summed E-state index contributed by atoms with van der Waals surface area (Å²) in [5.41, 5.74) is 0.180. The summed E-state index contributed by atoms with van der Waals surface area (Å²) >= 11 is 0. The van der Waals surface area contributed by atoms with Crippen molar-refractivity contribution in [2.75, 3.05) is 0 Å². The second-order valence-corrected chi connectivity index (χ2v) is 5.97. The number of aliphatic hydroxyl groups is 1. The Morgan fingerprint density at radius 2 is 1.17 bits per heavy atom. The van der Waals surface area contributed by atoms with Crippen LogP contribution in [0.15, 0.2) is 0 Å². The van der Waals surface area contributed by atoms with Gasteiger partial charge in [-0.25, -0.2) is 0 Å². The van der Waals surface area contributed by atoms with E-state index < -0.39 is 0 Å². The first kappa shape index (κ1) is 12.0. The van der Waals surface area contributed by atoms with Crippen molar-refractivity contribution in [3.05, 3.63) is 0 Å². The molecule has 1 nitrogen and oxygen atoms in total. The van der Waals surface area contributed by atoms with Gasteiger partial charge in [-0.15, -0.1) is 0 Å². The molecule has 0 fully saturated rings. The first-order valence-corrected chi connectivity index (χ1v) is 4.75. The molecule has 0 heterocycles. The molecule has 0 aliphatic heterocycles. The van der Waals surface area contributed by atoms with Gasteiger partial charge in [0.05, 0.1) is 6.10 Å². The maximum Gasteiger partial charge on any atom is 0.0618 e. The molecule has 0 saturated carbocycles. The van der Waals surface area contributed by atoms with Gasteiger partial charge in [-0.3, -0.25) is 0 Å². The van der Waals surface area contributed by atoms with E-state index in [4.69, 9.17) is 0 Å². The van der Waals surface area contributed by atoms with Gasteiger partial charge in [0.15, 0.2) is 0 Å². The van der Waals surface area contributed by atoms with E-state index in [0.29, 0.717) is 5.92 Å². The average Bonchev–Trinajstić information content (AvgIpc) is 1.80. The maximum absolute atomic E-state index is 9.99. The van der Waals surface area contributed by atoms with E-state index in [1.807, 2.05) is 0 Å². The van der Waals surface area contributed by atoms with Gasteiger partial charge in [0.2, 0.25) is 0 Å². The van der Waals surface area contributed by atoms with Gasteiger partial charge in [-0.05, 0) is 16.7 Å². The molecule has 0 aliphatic rings. The van der Waals surface area contributed by atoms with Crippen molar-refractivity contribution in [1.82, 2.24) is 0 Å². The fourth-order valence-electron chi connectivity index (χ4n) is 1.22. The minimum absolute atomic E-state index is 0.00725. The molecular weight excluding hydrogens is 148 g/mol. The fraction of sp³-hybridized carbons (Fsp3) is 1.00. The Hall–Kier alpha value is -0.0400. The van der Waals surface area contributed by atoms with E-state index in [9.17, 15) is 5.11 Å². The molecule has 0 aliphatic carbocycles. The summed E-state index contributed by atoms with van der Waals surface area (Å²) in [7, 11) is 0. The molecule has 0 unspecified atom stereocenters. The molecule has 12 heavy (non-hydrogen) atoms. The largest absolute Gasteiger partial charge is 0.392 e. The van der Waals surface area contributed by atoms with Gasteiger partial charge in [-0.1, -0.05) is 48.5 Å². The monoisotopic (exact) mass is 172 g/mol. The SMILES string of the molecule is C[C@H]([C@H](O)C(C)(C)C)C(C)(C)C. The predicted molar refractivity (Wildman–Crippen MR) is 54.1 cm³/mol. The van der Waals surface area contributed by atoms with Crippen molar-refractivity contribution < 1.29 is 5.11 Å². The zero-order chi connectivity index (χ0) is 10.2. The van der Waals surface area contributed by atoms with Crippen molar-refractivity contribution in [3.63, 3.8) is 0 Å². The molecule has 0 aromatic carbocycles. The van der Waals surface area contributed by atoms with E-state index in [1.165, 1.54) is 0 Å². The van der Waals surface area contributed by atoms with Gasteiger partial charge in [0, 0.05) is 0 Å². The van der Waals surface area contributed by atoms with Gasteiger partial charge >= 0.3 is 0 Å². The number of aliphatic hydroxyl groups excluding tert-OH is 1. The van der Waals surface area contributed by atoms with Crippen molar-refractivity contribution in [1.29, 1.82) is 0 Å². The van der Waals surface area contributed by atoms with Crippen LogP contribution in [-0.2, 0) is 0 Å². The molecule has 2 atom stereocenters. The Kier molecular flexibility index (Phi) is 3.36. The van der Waals surface area contributed by atoms with Crippen LogP contribution in [0.25, 0.3) is 0 Å². The third-order valence-electron chi connectivity index (χ3n) is 2.73. The maximum atomic E-state index is 9.99. The van der Waals surface area contributed by atoms with E-state index in [-0.39, 0.29) is 16.9 Å². The lowest BCUT2D eigenvalue weighted by atomic mass is 9.71. The van der Waals surface area contributed by atoms with Gasteiger partial charge < -0.3 is 5.11 Å². The molecule has 0 bridgehead atoms. The summed E-state index contributed by atoms with van der Waals surface area (Å²) in [6, 6.07) is 0. The topological polar surface area (TPSA) is 20.2 Å². The Bertz CT molecular complexity index is 118. The van der Waals surface area contributed by atoms with Crippen molar-refractivity contribution in [3.8, 4) is 0 Å². The highest BCUT2D eigenvalue weighted by atomic mass is 16.3. The van der Waals surface area contributed by atoms with Crippen molar-refractivity contribution >= 4 is 0 Å².